The van der Waals surface area contributed by atoms with Crippen molar-refractivity contribution in [3.8, 4) is 22.3 Å². The highest BCUT2D eigenvalue weighted by molar-refractivity contribution is 5.92. The van der Waals surface area contributed by atoms with Crippen molar-refractivity contribution in [2.75, 3.05) is 0 Å². The number of benzene rings is 3. The molecule has 4 heteroatoms. The normalized spacial score (nSPS) is 12.5. The highest BCUT2D eigenvalue weighted by Crippen LogP contribution is 2.32. The molecular formula is C36H46O4. The first-order valence-corrected chi connectivity index (χ1v) is 15.1. The topological polar surface area (TPSA) is 52.6 Å². The molecule has 0 N–H and O–H groups in total. The Morgan fingerprint density at radius 1 is 0.550 bits per heavy atom. The quantitative estimate of drug-likeness (QED) is 0.133. The van der Waals surface area contributed by atoms with Gasteiger partial charge in [0.2, 0.25) is 0 Å². The maximum absolute atomic E-state index is 12.7. The van der Waals surface area contributed by atoms with Gasteiger partial charge in [-0.3, -0.25) is 0 Å². The highest BCUT2D eigenvalue weighted by atomic mass is 16.5. The van der Waals surface area contributed by atoms with Crippen molar-refractivity contribution in [3.63, 3.8) is 0 Å². The fourth-order valence-electron chi connectivity index (χ4n) is 4.89. The number of rotatable bonds is 16. The van der Waals surface area contributed by atoms with Crippen molar-refractivity contribution < 1.29 is 19.1 Å². The van der Waals surface area contributed by atoms with Crippen LogP contribution in [0.2, 0.25) is 0 Å². The second kappa shape index (κ2) is 16.6. The van der Waals surface area contributed by atoms with E-state index in [-0.39, 0.29) is 24.1 Å². The predicted octanol–water partition coefficient (Wildman–Crippen LogP) is 10.1. The van der Waals surface area contributed by atoms with E-state index in [1.807, 2.05) is 74.5 Å². The second-order valence-electron chi connectivity index (χ2n) is 10.8. The van der Waals surface area contributed by atoms with Crippen molar-refractivity contribution >= 4 is 11.9 Å². The summed E-state index contributed by atoms with van der Waals surface area (Å²) in [5.41, 5.74) is 5.26. The molecule has 3 rings (SSSR count). The van der Waals surface area contributed by atoms with E-state index < -0.39 is 0 Å². The highest BCUT2D eigenvalue weighted by Gasteiger charge is 2.15. The van der Waals surface area contributed by atoms with Gasteiger partial charge in [-0.2, -0.15) is 0 Å². The first kappa shape index (κ1) is 31.1. The van der Waals surface area contributed by atoms with Gasteiger partial charge in [0.1, 0.15) is 0 Å². The van der Waals surface area contributed by atoms with Gasteiger partial charge in [-0.1, -0.05) is 101 Å². The lowest BCUT2D eigenvalue weighted by molar-refractivity contribution is 0.0309. The van der Waals surface area contributed by atoms with Crippen molar-refractivity contribution in [2.24, 2.45) is 0 Å². The molecule has 3 aromatic carbocycles. The average molecular weight is 543 g/mol. The molecule has 0 amide bonds. The van der Waals surface area contributed by atoms with Crippen LogP contribution in [0.15, 0.2) is 72.8 Å². The van der Waals surface area contributed by atoms with Crippen LogP contribution in [-0.2, 0) is 9.47 Å². The minimum Gasteiger partial charge on any atom is -0.459 e. The number of carbonyl (C=O) groups is 2. The van der Waals surface area contributed by atoms with E-state index in [0.29, 0.717) is 11.1 Å². The molecule has 0 aliphatic rings. The number of unbranched alkanes of at least 4 members (excludes halogenated alkanes) is 6. The van der Waals surface area contributed by atoms with Crippen molar-refractivity contribution in [3.05, 3.63) is 83.9 Å². The molecule has 0 unspecified atom stereocenters. The predicted molar refractivity (Wildman–Crippen MR) is 165 cm³/mol. The summed E-state index contributed by atoms with van der Waals surface area (Å²) in [6.45, 7) is 8.32. The fourth-order valence-corrected chi connectivity index (χ4v) is 4.89. The van der Waals surface area contributed by atoms with E-state index in [0.717, 1.165) is 47.9 Å². The number of esters is 2. The van der Waals surface area contributed by atoms with E-state index in [2.05, 4.69) is 26.0 Å². The van der Waals surface area contributed by atoms with Gasteiger partial charge in [0.05, 0.1) is 23.3 Å². The smallest absolute Gasteiger partial charge is 0.338 e. The molecule has 0 spiro atoms. The summed E-state index contributed by atoms with van der Waals surface area (Å²) in [5.74, 6) is -0.554. The Balaban J connectivity index is 1.64. The lowest BCUT2D eigenvalue weighted by atomic mass is 9.93. The van der Waals surface area contributed by atoms with Crippen LogP contribution in [-0.4, -0.2) is 24.1 Å². The van der Waals surface area contributed by atoms with Crippen molar-refractivity contribution in [1.82, 2.24) is 0 Å². The zero-order valence-electron chi connectivity index (χ0n) is 24.8. The average Bonchev–Trinajstić information content (AvgIpc) is 2.97. The summed E-state index contributed by atoms with van der Waals surface area (Å²) in [5, 5.41) is 0. The van der Waals surface area contributed by atoms with Gasteiger partial charge in [-0.25, -0.2) is 9.59 Å². The van der Waals surface area contributed by atoms with E-state index in [1.165, 1.54) is 38.5 Å². The van der Waals surface area contributed by atoms with E-state index in [1.54, 1.807) is 0 Å². The Morgan fingerprint density at radius 3 is 1.27 bits per heavy atom. The van der Waals surface area contributed by atoms with Crippen LogP contribution >= 0.6 is 0 Å². The molecule has 3 aromatic rings. The Hall–Kier alpha value is -3.40. The largest absolute Gasteiger partial charge is 0.459 e. The van der Waals surface area contributed by atoms with Crippen LogP contribution in [0, 0.1) is 0 Å². The summed E-state index contributed by atoms with van der Waals surface area (Å²) in [6.07, 6.45) is 11.0. The summed E-state index contributed by atoms with van der Waals surface area (Å²) < 4.78 is 11.3. The Labute approximate surface area is 241 Å². The number of hydrogen-bond acceptors (Lipinski definition) is 4. The molecule has 4 nitrogen and oxygen atoms in total. The van der Waals surface area contributed by atoms with Crippen LogP contribution < -0.4 is 0 Å². The third-order valence-electron chi connectivity index (χ3n) is 7.34. The molecule has 0 saturated heterocycles. The Kier molecular flexibility index (Phi) is 13.0. The van der Waals surface area contributed by atoms with Gasteiger partial charge >= 0.3 is 11.9 Å². The molecular weight excluding hydrogens is 496 g/mol. The molecule has 0 saturated carbocycles. The van der Waals surface area contributed by atoms with Gasteiger partial charge in [-0.15, -0.1) is 0 Å². The van der Waals surface area contributed by atoms with E-state index in [4.69, 9.17) is 9.47 Å². The number of hydrogen-bond donors (Lipinski definition) is 0. The van der Waals surface area contributed by atoms with Gasteiger partial charge in [0.25, 0.3) is 0 Å². The molecule has 0 radical (unpaired) electrons. The first-order valence-electron chi connectivity index (χ1n) is 15.1. The molecule has 0 heterocycles. The van der Waals surface area contributed by atoms with Gasteiger partial charge in [0, 0.05) is 0 Å². The summed E-state index contributed by atoms with van der Waals surface area (Å²) in [4.78, 5) is 25.3. The zero-order chi connectivity index (χ0) is 28.7. The fraction of sp³-hybridized carbons (Fsp3) is 0.444. The van der Waals surface area contributed by atoms with Gasteiger partial charge in [-0.05, 0) is 86.1 Å². The molecule has 214 valence electrons. The van der Waals surface area contributed by atoms with Crippen LogP contribution in [0.25, 0.3) is 22.3 Å². The maximum atomic E-state index is 12.7. The van der Waals surface area contributed by atoms with Crippen molar-refractivity contribution in [2.45, 2.75) is 104 Å². The monoisotopic (exact) mass is 542 g/mol. The van der Waals surface area contributed by atoms with E-state index >= 15 is 0 Å². The molecule has 2 atom stereocenters. The van der Waals surface area contributed by atoms with E-state index in [9.17, 15) is 9.59 Å². The van der Waals surface area contributed by atoms with Crippen molar-refractivity contribution in [1.29, 1.82) is 0 Å². The third-order valence-corrected chi connectivity index (χ3v) is 7.34. The maximum Gasteiger partial charge on any atom is 0.338 e. The van der Waals surface area contributed by atoms with Crippen LogP contribution in [0.5, 0.6) is 0 Å². The lowest BCUT2D eigenvalue weighted by Crippen LogP contribution is -2.15. The minimum atomic E-state index is -0.277. The summed E-state index contributed by atoms with van der Waals surface area (Å²) in [6, 6.07) is 23.4. The first-order chi connectivity index (χ1) is 19.4. The molecule has 0 aliphatic carbocycles. The third kappa shape index (κ3) is 9.66. The summed E-state index contributed by atoms with van der Waals surface area (Å²) >= 11 is 0. The summed E-state index contributed by atoms with van der Waals surface area (Å²) in [7, 11) is 0. The van der Waals surface area contributed by atoms with Crippen LogP contribution in [0.4, 0.5) is 0 Å². The Morgan fingerprint density at radius 2 is 0.925 bits per heavy atom. The molecule has 0 bridgehead atoms. The standard InChI is InChI=1S/C36H46O4/c1-5-7-9-11-15-27(3)39-35(37)31-23-19-29(20-24-31)33-17-13-14-18-34(33)30-21-25-32(26-22-30)36(38)40-28(4)16-12-10-8-6-2/h13-14,17-28H,5-12,15-16H2,1-4H3/t27-,28-/m0/s1. The molecule has 0 fully saturated rings. The van der Waals surface area contributed by atoms with Gasteiger partial charge in [0.15, 0.2) is 0 Å². The van der Waals surface area contributed by atoms with Gasteiger partial charge < -0.3 is 9.47 Å². The van der Waals surface area contributed by atoms with Crippen LogP contribution in [0.1, 0.15) is 113 Å². The Bertz CT molecular complexity index is 1090. The SMILES string of the molecule is CCCCCC[C@H](C)OC(=O)c1ccc(-c2ccccc2-c2ccc(C(=O)O[C@@H](C)CCCCCC)cc2)cc1. The number of carbonyl (C=O) groups excluding carboxylic acids is 2. The molecule has 0 aliphatic heterocycles. The second-order valence-corrected chi connectivity index (χ2v) is 10.8. The molecule has 0 aromatic heterocycles. The molecule has 40 heavy (non-hydrogen) atoms. The van der Waals surface area contributed by atoms with Crippen LogP contribution in [0.3, 0.4) is 0 Å². The number of ether oxygens (including phenoxy) is 2. The zero-order valence-corrected chi connectivity index (χ0v) is 24.8. The lowest BCUT2D eigenvalue weighted by Gasteiger charge is -2.15. The minimum absolute atomic E-state index is 0.0842.